The molecule has 0 saturated carbocycles. The molecule has 0 radical (unpaired) electrons. The van der Waals surface area contributed by atoms with Gasteiger partial charge in [-0.1, -0.05) is 6.92 Å². The second-order valence-corrected chi connectivity index (χ2v) is 4.66. The van der Waals surface area contributed by atoms with Crippen LogP contribution in [0.15, 0.2) is 0 Å². The predicted octanol–water partition coefficient (Wildman–Crippen LogP) is 0.112. The van der Waals surface area contributed by atoms with Gasteiger partial charge in [-0.2, -0.15) is 0 Å². The summed E-state index contributed by atoms with van der Waals surface area (Å²) in [4.78, 5) is 14.1. The number of nitrogens with zero attached hydrogens (tertiary/aromatic N) is 1. The van der Waals surface area contributed by atoms with Crippen molar-refractivity contribution < 1.29 is 9.90 Å². The maximum atomic E-state index is 12.3. The Hall–Kier alpha value is -0.610. The van der Waals surface area contributed by atoms with Gasteiger partial charge in [-0.25, -0.2) is 0 Å². The molecular formula is C11H20N2O2. The van der Waals surface area contributed by atoms with Gasteiger partial charge in [-0.05, 0) is 32.2 Å². The van der Waals surface area contributed by atoms with Crippen LogP contribution in [0.4, 0.5) is 0 Å². The van der Waals surface area contributed by atoms with E-state index in [0.717, 1.165) is 32.2 Å². The number of carbonyl (C=O) groups is 1. The van der Waals surface area contributed by atoms with Gasteiger partial charge in [-0.15, -0.1) is 0 Å². The fourth-order valence-electron chi connectivity index (χ4n) is 2.67. The average molecular weight is 212 g/mol. The van der Waals surface area contributed by atoms with Gasteiger partial charge in [0, 0.05) is 13.1 Å². The predicted molar refractivity (Wildman–Crippen MR) is 57.5 cm³/mol. The lowest BCUT2D eigenvalue weighted by Gasteiger charge is -2.31. The number of carbonyl (C=O) groups excluding carboxylic acids is 1. The molecule has 2 rings (SSSR count). The summed E-state index contributed by atoms with van der Waals surface area (Å²) in [5, 5.41) is 12.8. The molecule has 0 bridgehead atoms. The number of nitrogens with one attached hydrogen (secondary N) is 1. The lowest BCUT2D eigenvalue weighted by Crippen LogP contribution is -2.54. The van der Waals surface area contributed by atoms with Crippen LogP contribution in [0.1, 0.15) is 32.6 Å². The third-order valence-corrected chi connectivity index (χ3v) is 3.71. The van der Waals surface area contributed by atoms with Crippen LogP contribution in [0.2, 0.25) is 0 Å². The first-order valence-electron chi connectivity index (χ1n) is 5.90. The van der Waals surface area contributed by atoms with Gasteiger partial charge in [0.2, 0.25) is 5.91 Å². The first kappa shape index (κ1) is 10.9. The van der Waals surface area contributed by atoms with E-state index in [1.807, 2.05) is 4.90 Å². The fourth-order valence-corrected chi connectivity index (χ4v) is 2.67. The maximum Gasteiger partial charge on any atom is 0.242 e. The van der Waals surface area contributed by atoms with Crippen LogP contribution in [0.25, 0.3) is 0 Å². The monoisotopic (exact) mass is 212 g/mol. The number of amides is 1. The van der Waals surface area contributed by atoms with Crippen molar-refractivity contribution in [1.29, 1.82) is 0 Å². The van der Waals surface area contributed by atoms with Crippen LogP contribution in [-0.2, 0) is 4.79 Å². The second kappa shape index (κ2) is 4.10. The Morgan fingerprint density at radius 2 is 2.47 bits per heavy atom. The van der Waals surface area contributed by atoms with Crippen molar-refractivity contribution in [2.24, 2.45) is 0 Å². The van der Waals surface area contributed by atoms with E-state index in [9.17, 15) is 9.90 Å². The second-order valence-electron chi connectivity index (χ2n) is 4.66. The molecule has 2 fully saturated rings. The molecule has 1 amide bonds. The Balaban J connectivity index is 2.05. The molecule has 2 heterocycles. The molecule has 2 saturated heterocycles. The first-order valence-corrected chi connectivity index (χ1v) is 5.90. The molecule has 2 aliphatic rings. The average Bonchev–Trinajstić information content (AvgIpc) is 2.86. The zero-order chi connectivity index (χ0) is 10.9. The van der Waals surface area contributed by atoms with Crippen molar-refractivity contribution >= 4 is 5.91 Å². The molecule has 4 nitrogen and oxygen atoms in total. The summed E-state index contributed by atoms with van der Waals surface area (Å²) in [6.07, 6.45) is 3.28. The molecule has 86 valence electrons. The molecule has 0 aromatic rings. The van der Waals surface area contributed by atoms with Crippen LogP contribution < -0.4 is 5.32 Å². The number of likely N-dealkylation sites (tertiary alicyclic amines) is 1. The third kappa shape index (κ3) is 1.88. The van der Waals surface area contributed by atoms with Crippen LogP contribution in [0.5, 0.6) is 0 Å². The highest BCUT2D eigenvalue weighted by Crippen LogP contribution is 2.27. The standard InChI is InChI=1S/C11H20N2O2/c1-2-11(5-3-6-12-11)10(15)13-7-4-9(14)8-13/h9,12,14H,2-8H2,1H3/t9-,11?/m1/s1. The highest BCUT2D eigenvalue weighted by atomic mass is 16.3. The van der Waals surface area contributed by atoms with E-state index in [2.05, 4.69) is 12.2 Å². The van der Waals surface area contributed by atoms with E-state index < -0.39 is 0 Å². The Labute approximate surface area is 90.6 Å². The van der Waals surface area contributed by atoms with Gasteiger partial charge in [0.15, 0.2) is 0 Å². The minimum absolute atomic E-state index is 0.194. The van der Waals surface area contributed by atoms with Crippen LogP contribution in [0, 0.1) is 0 Å². The van der Waals surface area contributed by atoms with Crippen molar-refractivity contribution in [1.82, 2.24) is 10.2 Å². The molecule has 0 aliphatic carbocycles. The number of hydrogen-bond donors (Lipinski definition) is 2. The Morgan fingerprint density at radius 3 is 2.93 bits per heavy atom. The summed E-state index contributed by atoms with van der Waals surface area (Å²) in [6.45, 7) is 4.23. The molecule has 1 unspecified atom stereocenters. The van der Waals surface area contributed by atoms with E-state index in [0.29, 0.717) is 13.1 Å². The summed E-state index contributed by atoms with van der Waals surface area (Å²) in [5.74, 6) is 0.194. The highest BCUT2D eigenvalue weighted by molar-refractivity contribution is 5.87. The molecule has 15 heavy (non-hydrogen) atoms. The minimum Gasteiger partial charge on any atom is -0.391 e. The molecule has 0 aromatic heterocycles. The summed E-state index contributed by atoms with van der Waals surface area (Å²) in [7, 11) is 0. The summed E-state index contributed by atoms with van der Waals surface area (Å²) in [6, 6.07) is 0. The van der Waals surface area contributed by atoms with Crippen molar-refractivity contribution in [3.05, 3.63) is 0 Å². The van der Waals surface area contributed by atoms with Crippen LogP contribution in [0.3, 0.4) is 0 Å². The lowest BCUT2D eigenvalue weighted by atomic mass is 9.92. The van der Waals surface area contributed by atoms with Gasteiger partial charge < -0.3 is 15.3 Å². The van der Waals surface area contributed by atoms with Crippen molar-refractivity contribution in [2.75, 3.05) is 19.6 Å². The Kier molecular flexibility index (Phi) is 2.98. The Morgan fingerprint density at radius 1 is 1.67 bits per heavy atom. The molecule has 2 N–H and O–H groups in total. The Bertz CT molecular complexity index is 249. The highest BCUT2D eigenvalue weighted by Gasteiger charge is 2.43. The van der Waals surface area contributed by atoms with Gasteiger partial charge in [0.1, 0.15) is 0 Å². The lowest BCUT2D eigenvalue weighted by molar-refractivity contribution is -0.137. The number of rotatable bonds is 2. The van der Waals surface area contributed by atoms with Gasteiger partial charge in [0.25, 0.3) is 0 Å². The molecule has 2 aliphatic heterocycles. The first-order chi connectivity index (χ1) is 7.18. The molecule has 4 heteroatoms. The topological polar surface area (TPSA) is 52.6 Å². The number of aliphatic hydroxyl groups excluding tert-OH is 1. The zero-order valence-electron chi connectivity index (χ0n) is 9.33. The molecule has 0 spiro atoms. The van der Waals surface area contributed by atoms with Crippen molar-refractivity contribution in [3.63, 3.8) is 0 Å². The number of β-amino-alcohol motifs (C(OH)–C–C–N with tert-alkyl or cyclic N) is 1. The quantitative estimate of drug-likeness (QED) is 0.683. The third-order valence-electron chi connectivity index (χ3n) is 3.71. The van der Waals surface area contributed by atoms with Crippen LogP contribution >= 0.6 is 0 Å². The maximum absolute atomic E-state index is 12.3. The number of hydrogen-bond acceptors (Lipinski definition) is 3. The number of aliphatic hydroxyl groups is 1. The molecule has 2 atom stereocenters. The van der Waals surface area contributed by atoms with E-state index in [-0.39, 0.29) is 17.6 Å². The van der Waals surface area contributed by atoms with Gasteiger partial charge in [0.05, 0.1) is 11.6 Å². The van der Waals surface area contributed by atoms with E-state index in [4.69, 9.17) is 0 Å². The SMILES string of the molecule is CCC1(C(=O)N2CC[C@@H](O)C2)CCCN1. The normalized spacial score (nSPS) is 36.1. The molecular weight excluding hydrogens is 192 g/mol. The van der Waals surface area contributed by atoms with E-state index in [1.165, 1.54) is 0 Å². The fraction of sp³-hybridized carbons (Fsp3) is 0.909. The zero-order valence-corrected chi connectivity index (χ0v) is 9.33. The summed E-state index contributed by atoms with van der Waals surface area (Å²) < 4.78 is 0. The largest absolute Gasteiger partial charge is 0.391 e. The van der Waals surface area contributed by atoms with Crippen LogP contribution in [-0.4, -0.2) is 47.2 Å². The van der Waals surface area contributed by atoms with Crippen molar-refractivity contribution in [2.45, 2.75) is 44.2 Å². The van der Waals surface area contributed by atoms with Crippen molar-refractivity contribution in [3.8, 4) is 0 Å². The van der Waals surface area contributed by atoms with Gasteiger partial charge in [-0.3, -0.25) is 4.79 Å². The van der Waals surface area contributed by atoms with E-state index in [1.54, 1.807) is 0 Å². The smallest absolute Gasteiger partial charge is 0.242 e. The molecule has 0 aromatic carbocycles. The summed E-state index contributed by atoms with van der Waals surface area (Å²) >= 11 is 0. The minimum atomic E-state index is -0.329. The van der Waals surface area contributed by atoms with Gasteiger partial charge >= 0.3 is 0 Å². The summed E-state index contributed by atoms with van der Waals surface area (Å²) in [5.41, 5.74) is -0.329. The van der Waals surface area contributed by atoms with E-state index >= 15 is 0 Å².